The first-order valence-electron chi connectivity index (χ1n) is 11.5. The topological polar surface area (TPSA) is 146 Å². The van der Waals surface area contributed by atoms with Gasteiger partial charge in [0.05, 0.1) is 24.8 Å². The molecule has 1 aliphatic heterocycles. The van der Waals surface area contributed by atoms with Gasteiger partial charge in [0, 0.05) is 12.3 Å². The molecule has 3 rings (SSSR count). The Morgan fingerprint density at radius 2 is 1.95 bits per heavy atom. The Kier molecular flexibility index (Phi) is 9.36. The van der Waals surface area contributed by atoms with E-state index in [9.17, 15) is 28.4 Å². The summed E-state index contributed by atoms with van der Waals surface area (Å²) >= 11 is 6.35. The molecule has 0 saturated carbocycles. The fraction of sp³-hybridized carbons (Fsp3) is 0.522. The number of aliphatic hydroxyl groups excluding tert-OH is 1. The molecule has 2 N–H and O–H groups in total. The van der Waals surface area contributed by atoms with E-state index in [0.29, 0.717) is 0 Å². The van der Waals surface area contributed by atoms with Gasteiger partial charge in [0.25, 0.3) is 5.56 Å². The molecule has 204 valence electrons. The summed E-state index contributed by atoms with van der Waals surface area (Å²) in [7, 11) is -4.08. The van der Waals surface area contributed by atoms with E-state index in [0.717, 1.165) is 16.8 Å². The smallest absolute Gasteiger partial charge is 0.380 e. The van der Waals surface area contributed by atoms with E-state index in [-0.39, 0.29) is 11.9 Å². The molecule has 14 heteroatoms. The third-order valence-electron chi connectivity index (χ3n) is 5.54. The van der Waals surface area contributed by atoms with Crippen molar-refractivity contribution in [2.75, 3.05) is 19.4 Å². The Balaban J connectivity index is 1.83. The molecule has 1 aromatic carbocycles. The number of carbonyl (C=O) groups excluding carboxylic acids is 1. The van der Waals surface area contributed by atoms with Crippen LogP contribution in [0.25, 0.3) is 0 Å². The van der Waals surface area contributed by atoms with Crippen molar-refractivity contribution in [2.24, 2.45) is 5.92 Å². The van der Waals surface area contributed by atoms with Gasteiger partial charge in [-0.15, -0.1) is 11.6 Å². The first kappa shape index (κ1) is 29.1. The van der Waals surface area contributed by atoms with Crippen molar-refractivity contribution >= 4 is 25.2 Å². The molecule has 0 bridgehead atoms. The number of H-pyrrole nitrogens is 1. The molecule has 1 saturated heterocycles. The van der Waals surface area contributed by atoms with Crippen molar-refractivity contribution in [1.29, 1.82) is 0 Å². The summed E-state index contributed by atoms with van der Waals surface area (Å²) in [5.74, 6) is -1.28. The minimum Gasteiger partial charge on any atom is -0.463 e. The summed E-state index contributed by atoms with van der Waals surface area (Å²) in [6.07, 6.45) is -4.28. The van der Waals surface area contributed by atoms with E-state index in [4.69, 9.17) is 30.1 Å². The van der Waals surface area contributed by atoms with E-state index < -0.39 is 73.4 Å². The number of rotatable bonds is 11. The van der Waals surface area contributed by atoms with Gasteiger partial charge in [-0.2, -0.15) is 0 Å². The van der Waals surface area contributed by atoms with Gasteiger partial charge in [0.2, 0.25) is 0 Å². The van der Waals surface area contributed by atoms with Crippen LogP contribution in [-0.2, 0) is 23.4 Å². The molecule has 1 aromatic heterocycles. The van der Waals surface area contributed by atoms with Gasteiger partial charge in [-0.05, 0) is 26.0 Å². The molecule has 1 unspecified atom stereocenters. The maximum Gasteiger partial charge on any atom is 0.380 e. The van der Waals surface area contributed by atoms with Crippen molar-refractivity contribution < 1.29 is 37.4 Å². The summed E-state index contributed by atoms with van der Waals surface area (Å²) in [5.41, 5.74) is -1.62. The Morgan fingerprint density at radius 1 is 1.27 bits per heavy atom. The van der Waals surface area contributed by atoms with Gasteiger partial charge in [0.15, 0.2) is 6.23 Å². The number of esters is 1. The molecule has 1 aliphatic rings. The van der Waals surface area contributed by atoms with Gasteiger partial charge in [-0.3, -0.25) is 23.7 Å². The summed E-state index contributed by atoms with van der Waals surface area (Å²) < 4.78 is 50.7. The molecule has 1 fully saturated rings. The number of hydrogen-bond acceptors (Lipinski definition) is 9. The minimum atomic E-state index is -4.08. The Hall–Kier alpha value is -2.50. The number of halogens is 2. The lowest BCUT2D eigenvalue weighted by molar-refractivity contribution is -0.151. The highest BCUT2D eigenvalue weighted by Crippen LogP contribution is 2.51. The predicted octanol–water partition coefficient (Wildman–Crippen LogP) is 2.62. The lowest BCUT2D eigenvalue weighted by Gasteiger charge is -2.27. The normalized spacial score (nSPS) is 26.0. The van der Waals surface area contributed by atoms with Gasteiger partial charge >= 0.3 is 19.3 Å². The van der Waals surface area contributed by atoms with E-state index in [1.54, 1.807) is 44.2 Å². The first-order chi connectivity index (χ1) is 17.4. The average Bonchev–Trinajstić information content (AvgIpc) is 3.08. The molecule has 2 heterocycles. The fourth-order valence-electron chi connectivity index (χ4n) is 3.70. The number of aromatic amines is 1. The summed E-state index contributed by atoms with van der Waals surface area (Å²) in [4.78, 5) is 35.9. The highest BCUT2D eigenvalue weighted by atomic mass is 35.5. The number of ether oxygens (including phenoxy) is 2. The largest absolute Gasteiger partial charge is 0.463 e. The number of benzene rings is 1. The van der Waals surface area contributed by atoms with E-state index >= 15 is 0 Å². The van der Waals surface area contributed by atoms with Crippen LogP contribution in [0.4, 0.5) is 4.39 Å². The van der Waals surface area contributed by atoms with Gasteiger partial charge in [0.1, 0.15) is 29.5 Å². The molecule has 11 nitrogen and oxygen atoms in total. The van der Waals surface area contributed by atoms with E-state index in [1.165, 1.54) is 6.92 Å². The molecule has 0 aliphatic carbocycles. The van der Waals surface area contributed by atoms with Crippen molar-refractivity contribution in [3.63, 3.8) is 0 Å². The average molecular weight is 563 g/mol. The van der Waals surface area contributed by atoms with Crippen LogP contribution in [0.3, 0.4) is 0 Å². The van der Waals surface area contributed by atoms with Crippen LogP contribution >= 0.6 is 19.2 Å². The Bertz CT molecular complexity index is 1240. The monoisotopic (exact) mass is 562 g/mol. The second-order valence-corrected chi connectivity index (χ2v) is 11.7. The van der Waals surface area contributed by atoms with Crippen LogP contribution in [0, 0.1) is 5.92 Å². The number of carbonyl (C=O) groups is 1. The molecule has 0 amide bonds. The number of aliphatic hydroxyl groups is 1. The van der Waals surface area contributed by atoms with E-state index in [1.807, 2.05) is 4.98 Å². The number of nitrogens with one attached hydrogen (secondary N) is 1. The predicted molar refractivity (Wildman–Crippen MR) is 132 cm³/mol. The standard InChI is InChI=1S/C23H29ClFN2O9P/c1-14(2)34-20(30)15(3)12-37(32,36-16-7-5-4-6-8-16)33-11-17-19(29)23(24,13-25)21(35-17)27-10-9-18(28)26-22(27)31/h4-10,14-15,17,19,21,29H,11-13H2,1-3H3,(H,26,28,31)/t15-,17-,19+,21-,23?,37+/m1/s1. The molecule has 2 aromatic rings. The number of hydrogen-bond donors (Lipinski definition) is 2. The number of nitrogens with zero attached hydrogens (tertiary/aromatic N) is 1. The molecule has 0 spiro atoms. The van der Waals surface area contributed by atoms with Crippen molar-refractivity contribution in [3.05, 3.63) is 63.4 Å². The van der Waals surface area contributed by atoms with Gasteiger partial charge in [-0.1, -0.05) is 25.1 Å². The lowest BCUT2D eigenvalue weighted by atomic mass is 10.00. The SMILES string of the molecule is CC(C)OC(=O)[C@H](C)C[P@](=O)(OC[C@H]1O[C@@H](n2ccc(=O)[nH]c2=O)C(Cl)(CF)[C@H]1O)Oc1ccccc1. The molecular formula is C23H29ClFN2O9P. The second-order valence-electron chi connectivity index (χ2n) is 8.93. The van der Waals surface area contributed by atoms with Gasteiger partial charge < -0.3 is 19.1 Å². The number of aromatic nitrogens is 2. The second kappa shape index (κ2) is 11.9. The molecular weight excluding hydrogens is 534 g/mol. The third-order valence-corrected chi connectivity index (χ3v) is 8.08. The van der Waals surface area contributed by atoms with Crippen LogP contribution in [0.2, 0.25) is 0 Å². The first-order valence-corrected chi connectivity index (χ1v) is 13.6. The summed E-state index contributed by atoms with van der Waals surface area (Å²) in [6.45, 7) is 2.96. The quantitative estimate of drug-likeness (QED) is 0.240. The molecule has 0 radical (unpaired) electrons. The van der Waals surface area contributed by atoms with Crippen LogP contribution in [0.1, 0.15) is 27.0 Å². The lowest BCUT2D eigenvalue weighted by Crippen LogP contribution is -2.46. The van der Waals surface area contributed by atoms with Crippen LogP contribution in [0.15, 0.2) is 52.2 Å². The maximum atomic E-state index is 14.0. The van der Waals surface area contributed by atoms with Crippen LogP contribution < -0.4 is 15.8 Å². The van der Waals surface area contributed by atoms with Crippen molar-refractivity contribution in [2.45, 2.75) is 50.2 Å². The fourth-order valence-corrected chi connectivity index (χ4v) is 5.86. The van der Waals surface area contributed by atoms with E-state index in [2.05, 4.69) is 0 Å². The Morgan fingerprint density at radius 3 is 2.54 bits per heavy atom. The van der Waals surface area contributed by atoms with Crippen LogP contribution in [0.5, 0.6) is 5.75 Å². The maximum absolute atomic E-state index is 14.0. The number of para-hydroxylation sites is 1. The van der Waals surface area contributed by atoms with Crippen molar-refractivity contribution in [3.8, 4) is 5.75 Å². The number of alkyl halides is 2. The highest BCUT2D eigenvalue weighted by molar-refractivity contribution is 7.54. The zero-order valence-electron chi connectivity index (χ0n) is 20.4. The third kappa shape index (κ3) is 6.88. The Labute approximate surface area is 217 Å². The summed E-state index contributed by atoms with van der Waals surface area (Å²) in [6, 6.07) is 9.11. The van der Waals surface area contributed by atoms with Crippen LogP contribution in [-0.4, -0.2) is 63.3 Å². The highest BCUT2D eigenvalue weighted by Gasteiger charge is 2.57. The van der Waals surface area contributed by atoms with Gasteiger partial charge in [-0.25, -0.2) is 13.8 Å². The minimum absolute atomic E-state index is 0.205. The summed E-state index contributed by atoms with van der Waals surface area (Å²) in [5, 5.41) is 10.8. The molecule has 6 atom stereocenters. The van der Waals surface area contributed by atoms with Crippen molar-refractivity contribution in [1.82, 2.24) is 9.55 Å². The molecule has 37 heavy (non-hydrogen) atoms. The zero-order chi connectivity index (χ0) is 27.4. The zero-order valence-corrected chi connectivity index (χ0v) is 22.1.